The molecule has 0 bridgehead atoms. The molecule has 0 aromatic heterocycles. The van der Waals surface area contributed by atoms with Crippen molar-refractivity contribution in [1.29, 1.82) is 0 Å². The highest BCUT2D eigenvalue weighted by Gasteiger charge is 2.26. The number of nitrogens with one attached hydrogen (secondary N) is 2. The van der Waals surface area contributed by atoms with Gasteiger partial charge in [0.25, 0.3) is 0 Å². The van der Waals surface area contributed by atoms with Crippen molar-refractivity contribution in [3.63, 3.8) is 0 Å². The quantitative estimate of drug-likeness (QED) is 0.766. The van der Waals surface area contributed by atoms with Crippen LogP contribution in [0.5, 0.6) is 0 Å². The molecule has 16 heavy (non-hydrogen) atoms. The van der Waals surface area contributed by atoms with E-state index >= 15 is 0 Å². The van der Waals surface area contributed by atoms with Gasteiger partial charge in [-0.05, 0) is 51.6 Å². The lowest BCUT2D eigenvalue weighted by Crippen LogP contribution is -2.44. The van der Waals surface area contributed by atoms with Crippen molar-refractivity contribution in [2.75, 3.05) is 13.1 Å². The molecule has 3 heteroatoms. The van der Waals surface area contributed by atoms with Crippen LogP contribution in [0.2, 0.25) is 0 Å². The summed E-state index contributed by atoms with van der Waals surface area (Å²) in [6.07, 6.45) is 7.08. The second-order valence-electron chi connectivity index (χ2n) is 5.37. The minimum atomic E-state index is 0.309. The van der Waals surface area contributed by atoms with Crippen LogP contribution in [0.1, 0.15) is 45.4 Å². The molecule has 0 radical (unpaired) electrons. The number of amides is 1. The van der Waals surface area contributed by atoms with Crippen LogP contribution in [0, 0.1) is 11.8 Å². The molecule has 1 amide bonds. The zero-order valence-electron chi connectivity index (χ0n) is 10.3. The standard InChI is InChI=1S/C13H24N2O/c1-10(11-6-8-14-9-7-11)15-13(16)12-4-2-3-5-12/h10-12,14H,2-9H2,1H3,(H,15,16). The van der Waals surface area contributed by atoms with Crippen molar-refractivity contribution in [3.05, 3.63) is 0 Å². The van der Waals surface area contributed by atoms with Crippen molar-refractivity contribution in [3.8, 4) is 0 Å². The molecule has 3 nitrogen and oxygen atoms in total. The lowest BCUT2D eigenvalue weighted by molar-refractivity contribution is -0.125. The third-order valence-corrected chi connectivity index (χ3v) is 4.19. The van der Waals surface area contributed by atoms with Crippen LogP contribution in [-0.4, -0.2) is 25.0 Å². The maximum Gasteiger partial charge on any atom is 0.223 e. The minimum absolute atomic E-state index is 0.309. The Morgan fingerprint density at radius 3 is 2.44 bits per heavy atom. The molecule has 92 valence electrons. The molecule has 0 aromatic rings. The number of hydrogen-bond donors (Lipinski definition) is 2. The van der Waals surface area contributed by atoms with Crippen LogP contribution < -0.4 is 10.6 Å². The fraction of sp³-hybridized carbons (Fsp3) is 0.923. The molecule has 2 fully saturated rings. The zero-order valence-corrected chi connectivity index (χ0v) is 10.3. The van der Waals surface area contributed by atoms with E-state index in [2.05, 4.69) is 17.6 Å². The Hall–Kier alpha value is -0.570. The van der Waals surface area contributed by atoms with Crippen molar-refractivity contribution in [2.45, 2.75) is 51.5 Å². The Morgan fingerprint density at radius 1 is 1.19 bits per heavy atom. The molecule has 2 N–H and O–H groups in total. The normalized spacial score (nSPS) is 25.6. The third-order valence-electron chi connectivity index (χ3n) is 4.19. The van der Waals surface area contributed by atoms with Crippen molar-refractivity contribution in [2.24, 2.45) is 11.8 Å². The first-order valence-electron chi connectivity index (χ1n) is 6.78. The Bertz CT molecular complexity index is 230. The van der Waals surface area contributed by atoms with Crippen LogP contribution in [0.4, 0.5) is 0 Å². The van der Waals surface area contributed by atoms with E-state index in [0.29, 0.717) is 23.8 Å². The van der Waals surface area contributed by atoms with E-state index in [1.807, 2.05) is 0 Å². The summed E-state index contributed by atoms with van der Waals surface area (Å²) in [4.78, 5) is 12.0. The van der Waals surface area contributed by atoms with Gasteiger partial charge >= 0.3 is 0 Å². The van der Waals surface area contributed by atoms with Crippen LogP contribution in [0.15, 0.2) is 0 Å². The average Bonchev–Trinajstić information content (AvgIpc) is 2.83. The lowest BCUT2D eigenvalue weighted by atomic mass is 9.91. The van der Waals surface area contributed by atoms with Gasteiger partial charge in [-0.15, -0.1) is 0 Å². The van der Waals surface area contributed by atoms with Crippen molar-refractivity contribution in [1.82, 2.24) is 10.6 Å². The van der Waals surface area contributed by atoms with Crippen LogP contribution >= 0.6 is 0 Å². The second-order valence-corrected chi connectivity index (χ2v) is 5.37. The first-order valence-corrected chi connectivity index (χ1v) is 6.78. The molecule has 0 spiro atoms. The largest absolute Gasteiger partial charge is 0.353 e. The monoisotopic (exact) mass is 224 g/mol. The Labute approximate surface area is 98.4 Å². The summed E-state index contributed by atoms with van der Waals surface area (Å²) in [5, 5.41) is 6.59. The van der Waals surface area contributed by atoms with E-state index in [-0.39, 0.29) is 0 Å². The maximum absolute atomic E-state index is 12.0. The number of rotatable bonds is 3. The van der Waals surface area contributed by atoms with Gasteiger partial charge < -0.3 is 10.6 Å². The minimum Gasteiger partial charge on any atom is -0.353 e. The first-order chi connectivity index (χ1) is 7.77. The van der Waals surface area contributed by atoms with Gasteiger partial charge in [0.2, 0.25) is 5.91 Å². The van der Waals surface area contributed by atoms with E-state index in [4.69, 9.17) is 0 Å². The molecular weight excluding hydrogens is 200 g/mol. The summed E-state index contributed by atoms with van der Waals surface area (Å²) in [6.45, 7) is 4.38. The number of carbonyl (C=O) groups excluding carboxylic acids is 1. The molecule has 1 aliphatic heterocycles. The van der Waals surface area contributed by atoms with E-state index < -0.39 is 0 Å². The van der Waals surface area contributed by atoms with E-state index in [9.17, 15) is 4.79 Å². The van der Waals surface area contributed by atoms with Crippen molar-refractivity contribution >= 4 is 5.91 Å². The smallest absolute Gasteiger partial charge is 0.223 e. The highest BCUT2D eigenvalue weighted by Crippen LogP contribution is 2.25. The average molecular weight is 224 g/mol. The van der Waals surface area contributed by atoms with E-state index in [0.717, 1.165) is 25.9 Å². The maximum atomic E-state index is 12.0. The molecule has 1 atom stereocenters. The third kappa shape index (κ3) is 2.97. The summed E-state index contributed by atoms with van der Waals surface area (Å²) in [5.41, 5.74) is 0. The van der Waals surface area contributed by atoms with Gasteiger partial charge in [0.05, 0.1) is 0 Å². The fourth-order valence-corrected chi connectivity index (χ4v) is 2.99. The molecular formula is C13H24N2O. The molecule has 2 aliphatic rings. The Kier molecular flexibility index (Phi) is 4.22. The molecule has 0 aromatic carbocycles. The summed E-state index contributed by atoms with van der Waals surface area (Å²) < 4.78 is 0. The zero-order chi connectivity index (χ0) is 11.4. The van der Waals surface area contributed by atoms with Gasteiger partial charge in [0.15, 0.2) is 0 Å². The second kappa shape index (κ2) is 5.67. The predicted octanol–water partition coefficient (Wildman–Crippen LogP) is 1.68. The molecule has 1 saturated heterocycles. The predicted molar refractivity (Wildman–Crippen MR) is 65.2 cm³/mol. The van der Waals surface area contributed by atoms with Crippen LogP contribution in [-0.2, 0) is 4.79 Å². The summed E-state index contributed by atoms with van der Waals surface area (Å²) >= 11 is 0. The van der Waals surface area contributed by atoms with Crippen LogP contribution in [0.25, 0.3) is 0 Å². The highest BCUT2D eigenvalue weighted by molar-refractivity contribution is 5.79. The molecule has 1 heterocycles. The summed E-state index contributed by atoms with van der Waals surface area (Å²) in [5.74, 6) is 1.29. The van der Waals surface area contributed by atoms with Crippen molar-refractivity contribution < 1.29 is 4.79 Å². The van der Waals surface area contributed by atoms with Crippen LogP contribution in [0.3, 0.4) is 0 Å². The number of carbonyl (C=O) groups is 1. The van der Waals surface area contributed by atoms with E-state index in [1.165, 1.54) is 25.7 Å². The topological polar surface area (TPSA) is 41.1 Å². The molecule has 1 saturated carbocycles. The van der Waals surface area contributed by atoms with Gasteiger partial charge in [-0.1, -0.05) is 12.8 Å². The van der Waals surface area contributed by atoms with Gasteiger partial charge in [-0.2, -0.15) is 0 Å². The first kappa shape index (κ1) is 11.9. The van der Waals surface area contributed by atoms with Gasteiger partial charge in [-0.25, -0.2) is 0 Å². The lowest BCUT2D eigenvalue weighted by Gasteiger charge is -2.29. The fourth-order valence-electron chi connectivity index (χ4n) is 2.99. The Balaban J connectivity index is 1.76. The van der Waals surface area contributed by atoms with Gasteiger partial charge in [0.1, 0.15) is 0 Å². The van der Waals surface area contributed by atoms with Gasteiger partial charge in [-0.3, -0.25) is 4.79 Å². The summed E-state index contributed by atoms with van der Waals surface area (Å²) in [6, 6.07) is 0.357. The molecule has 2 rings (SSSR count). The van der Waals surface area contributed by atoms with Gasteiger partial charge in [0, 0.05) is 12.0 Å². The number of piperidine rings is 1. The Morgan fingerprint density at radius 2 is 1.81 bits per heavy atom. The molecule has 1 aliphatic carbocycles. The summed E-state index contributed by atoms with van der Waals surface area (Å²) in [7, 11) is 0. The number of hydrogen-bond acceptors (Lipinski definition) is 2. The van der Waals surface area contributed by atoms with E-state index in [1.54, 1.807) is 0 Å². The molecule has 1 unspecified atom stereocenters. The highest BCUT2D eigenvalue weighted by atomic mass is 16.1. The SMILES string of the molecule is CC(NC(=O)C1CCCC1)C1CCNCC1.